The summed E-state index contributed by atoms with van der Waals surface area (Å²) in [5.41, 5.74) is 8.06. The van der Waals surface area contributed by atoms with Gasteiger partial charge in [-0.3, -0.25) is 19.2 Å². The fraction of sp³-hybridized carbons (Fsp3) is 0.324. The zero-order chi connectivity index (χ0) is 34.2. The Kier molecular flexibility index (Phi) is 14.5. The summed E-state index contributed by atoms with van der Waals surface area (Å²) in [5, 5.41) is 2.88. The molecule has 2 amide bonds. The van der Waals surface area contributed by atoms with E-state index in [2.05, 4.69) is 36.0 Å². The minimum atomic E-state index is -3.02. The van der Waals surface area contributed by atoms with Crippen LogP contribution < -0.4 is 11.1 Å². The Balaban J connectivity index is 1.78. The zero-order valence-electron chi connectivity index (χ0n) is 26.6. The van der Waals surface area contributed by atoms with Crippen LogP contribution in [-0.2, 0) is 28.8 Å². The first kappa shape index (κ1) is 36.8. The van der Waals surface area contributed by atoms with Gasteiger partial charge in [0.15, 0.2) is 0 Å². The van der Waals surface area contributed by atoms with Crippen LogP contribution >= 0.6 is 11.8 Å². The zero-order valence-corrected chi connectivity index (χ0v) is 28.2. The van der Waals surface area contributed by atoms with Gasteiger partial charge in [0, 0.05) is 52.3 Å². The third-order valence-corrected chi connectivity index (χ3v) is 9.93. The van der Waals surface area contributed by atoms with E-state index in [-0.39, 0.29) is 59.1 Å². The van der Waals surface area contributed by atoms with Crippen LogP contribution in [0.3, 0.4) is 0 Å². The predicted molar refractivity (Wildman–Crippen MR) is 184 cm³/mol. The van der Waals surface area contributed by atoms with Crippen LogP contribution in [0.1, 0.15) is 70.4 Å². The molecular weight excluding hydrogens is 641 g/mol. The standard InChI is InChI=1S/C34H38N4O7S2/c1-44-30(39)14-4-6-18-47(43,19-7-5-15-31(40)45-2)38-34(42)27-21-25(32(35)36-23-27)17-16-24-10-8-12-28(20-24)37-33(41)26-11-9-13-29(22-26)46-3/h8-13,20-23H,4-7,14-15,18-19H2,1-3H3,(H2,35,36)(H,37,41). The molecule has 3 aromatic rings. The molecule has 0 fully saturated rings. The number of ether oxygens (including phenoxy) is 2. The minimum Gasteiger partial charge on any atom is -0.469 e. The molecule has 1 heterocycles. The third-order valence-electron chi connectivity index (χ3n) is 6.85. The Morgan fingerprint density at radius 2 is 1.55 bits per heavy atom. The van der Waals surface area contributed by atoms with Crippen LogP contribution in [0.5, 0.6) is 0 Å². The molecule has 0 aliphatic rings. The number of amides is 2. The lowest BCUT2D eigenvalue weighted by molar-refractivity contribution is -0.141. The molecule has 3 rings (SSSR count). The number of aromatic nitrogens is 1. The summed E-state index contributed by atoms with van der Waals surface area (Å²) < 4.78 is 27.2. The lowest BCUT2D eigenvalue weighted by Crippen LogP contribution is -2.15. The molecule has 0 radical (unpaired) electrons. The molecule has 0 spiro atoms. The highest BCUT2D eigenvalue weighted by molar-refractivity contribution is 7.98. The number of nitrogens with zero attached hydrogens (tertiary/aromatic N) is 2. The molecule has 0 aliphatic heterocycles. The van der Waals surface area contributed by atoms with E-state index in [4.69, 9.17) is 5.73 Å². The number of carbonyl (C=O) groups is 4. The topological polar surface area (TPSA) is 167 Å². The number of methoxy groups -OCH3 is 2. The lowest BCUT2D eigenvalue weighted by Gasteiger charge is -2.10. The van der Waals surface area contributed by atoms with Gasteiger partial charge in [-0.25, -0.2) is 9.19 Å². The van der Waals surface area contributed by atoms with Gasteiger partial charge in [-0.05, 0) is 74.4 Å². The number of esters is 2. The third kappa shape index (κ3) is 12.2. The first-order chi connectivity index (χ1) is 22.6. The van der Waals surface area contributed by atoms with E-state index in [0.29, 0.717) is 42.5 Å². The Labute approximate surface area is 279 Å². The molecule has 13 heteroatoms. The molecule has 248 valence electrons. The summed E-state index contributed by atoms with van der Waals surface area (Å²) in [5.74, 6) is 4.46. The number of hydrogen-bond acceptors (Lipinski definition) is 10. The van der Waals surface area contributed by atoms with E-state index in [1.54, 1.807) is 42.1 Å². The van der Waals surface area contributed by atoms with Gasteiger partial charge in [0.2, 0.25) is 0 Å². The van der Waals surface area contributed by atoms with Crippen molar-refractivity contribution in [1.82, 2.24) is 4.98 Å². The predicted octanol–water partition coefficient (Wildman–Crippen LogP) is 5.33. The molecular formula is C34H38N4O7S2. The normalized spacial score (nSPS) is 10.7. The van der Waals surface area contributed by atoms with Crippen molar-refractivity contribution in [3.8, 4) is 11.8 Å². The smallest absolute Gasteiger partial charge is 0.305 e. The summed E-state index contributed by atoms with van der Waals surface area (Å²) in [6.45, 7) is 0. The van der Waals surface area contributed by atoms with Crippen LogP contribution in [0.25, 0.3) is 0 Å². The number of pyridine rings is 1. The SMILES string of the molecule is COC(=O)CCCCS(=O)(CCCCC(=O)OC)=NC(=O)c1cnc(N)c(C#Cc2cccc(NC(=O)c3cccc(SC)c3)c2)c1. The van der Waals surface area contributed by atoms with Crippen molar-refractivity contribution in [2.75, 3.05) is 43.0 Å². The van der Waals surface area contributed by atoms with E-state index in [0.717, 1.165) is 4.90 Å². The van der Waals surface area contributed by atoms with Crippen molar-refractivity contribution in [2.24, 2.45) is 4.36 Å². The second-order valence-corrected chi connectivity index (χ2v) is 13.7. The molecule has 0 atom stereocenters. The number of unbranched alkanes of at least 4 members (excludes halogenated alkanes) is 2. The highest BCUT2D eigenvalue weighted by Gasteiger charge is 2.16. The van der Waals surface area contributed by atoms with Gasteiger partial charge in [-0.1, -0.05) is 24.0 Å². The van der Waals surface area contributed by atoms with Gasteiger partial charge in [0.25, 0.3) is 11.8 Å². The van der Waals surface area contributed by atoms with Crippen LogP contribution in [0, 0.1) is 11.8 Å². The maximum Gasteiger partial charge on any atom is 0.305 e. The quantitative estimate of drug-likeness (QED) is 0.0984. The van der Waals surface area contributed by atoms with Crippen molar-refractivity contribution in [1.29, 1.82) is 0 Å². The van der Waals surface area contributed by atoms with Crippen LogP contribution in [0.4, 0.5) is 11.5 Å². The number of anilines is 2. The van der Waals surface area contributed by atoms with Gasteiger partial charge in [-0.15, -0.1) is 11.8 Å². The van der Waals surface area contributed by atoms with Crippen molar-refractivity contribution in [3.05, 3.63) is 83.0 Å². The number of carbonyl (C=O) groups excluding carboxylic acids is 4. The largest absolute Gasteiger partial charge is 0.469 e. The minimum absolute atomic E-state index is 0.0637. The molecule has 11 nitrogen and oxygen atoms in total. The average Bonchev–Trinajstić information content (AvgIpc) is 3.08. The van der Waals surface area contributed by atoms with E-state index >= 15 is 0 Å². The van der Waals surface area contributed by atoms with Gasteiger partial charge < -0.3 is 20.5 Å². The van der Waals surface area contributed by atoms with Crippen LogP contribution in [0.2, 0.25) is 0 Å². The first-order valence-electron chi connectivity index (χ1n) is 14.8. The Morgan fingerprint density at radius 3 is 2.19 bits per heavy atom. The monoisotopic (exact) mass is 678 g/mol. The molecule has 0 saturated carbocycles. The van der Waals surface area contributed by atoms with Crippen molar-refractivity contribution < 1.29 is 32.9 Å². The van der Waals surface area contributed by atoms with E-state index in [1.165, 1.54) is 26.5 Å². The molecule has 2 aromatic carbocycles. The van der Waals surface area contributed by atoms with Crippen molar-refractivity contribution in [2.45, 2.75) is 43.4 Å². The number of nitrogens with two attached hydrogens (primary N) is 1. The number of benzene rings is 2. The number of rotatable bonds is 14. The maximum atomic E-state index is 13.8. The number of hydrogen-bond donors (Lipinski definition) is 2. The van der Waals surface area contributed by atoms with E-state index < -0.39 is 15.6 Å². The highest BCUT2D eigenvalue weighted by Crippen LogP contribution is 2.19. The molecule has 0 bridgehead atoms. The van der Waals surface area contributed by atoms with Crippen molar-refractivity contribution >= 4 is 56.7 Å². The number of nitrogens with one attached hydrogen (secondary N) is 1. The first-order valence-corrected chi connectivity index (χ1v) is 17.9. The summed E-state index contributed by atoms with van der Waals surface area (Å²) in [6, 6.07) is 15.7. The average molecular weight is 679 g/mol. The van der Waals surface area contributed by atoms with Crippen molar-refractivity contribution in [3.63, 3.8) is 0 Å². The molecule has 47 heavy (non-hydrogen) atoms. The summed E-state index contributed by atoms with van der Waals surface area (Å²) in [4.78, 5) is 54.0. The highest BCUT2D eigenvalue weighted by atomic mass is 32.2. The molecule has 1 aromatic heterocycles. The Hall–Kier alpha value is -4.67. The van der Waals surface area contributed by atoms with Gasteiger partial charge in [0.1, 0.15) is 5.82 Å². The number of thioether (sulfide) groups is 1. The lowest BCUT2D eigenvalue weighted by atomic mass is 10.1. The van der Waals surface area contributed by atoms with Gasteiger partial charge in [0.05, 0.1) is 35.1 Å². The summed E-state index contributed by atoms with van der Waals surface area (Å²) in [7, 11) is -0.430. The summed E-state index contributed by atoms with van der Waals surface area (Å²) in [6.07, 6.45) is 5.15. The molecule has 0 unspecified atom stereocenters. The maximum absolute atomic E-state index is 13.8. The Bertz CT molecular complexity index is 1760. The second-order valence-electron chi connectivity index (χ2n) is 10.3. The summed E-state index contributed by atoms with van der Waals surface area (Å²) >= 11 is 1.55. The van der Waals surface area contributed by atoms with E-state index in [9.17, 15) is 23.4 Å². The van der Waals surface area contributed by atoms with Crippen LogP contribution in [-0.4, -0.2) is 64.9 Å². The molecule has 0 aliphatic carbocycles. The molecule has 0 saturated heterocycles. The fourth-order valence-electron chi connectivity index (χ4n) is 4.27. The number of nitrogen functional groups attached to an aromatic ring is 1. The van der Waals surface area contributed by atoms with Gasteiger partial charge in [-0.2, -0.15) is 4.36 Å². The second kappa shape index (κ2) is 18.5. The molecule has 3 N–H and O–H groups in total. The van der Waals surface area contributed by atoms with Gasteiger partial charge >= 0.3 is 11.9 Å². The van der Waals surface area contributed by atoms with Crippen LogP contribution in [0.15, 0.2) is 70.1 Å². The van der Waals surface area contributed by atoms with E-state index in [1.807, 2.05) is 24.5 Å². The fourth-order valence-corrected chi connectivity index (χ4v) is 6.83. The Morgan fingerprint density at radius 1 is 0.894 bits per heavy atom.